The van der Waals surface area contributed by atoms with Gasteiger partial charge < -0.3 is 14.6 Å². The number of amidine groups is 2. The van der Waals surface area contributed by atoms with Crippen LogP contribution in [0.3, 0.4) is 0 Å². The third-order valence-electron chi connectivity index (χ3n) is 13.0. The second-order valence-corrected chi connectivity index (χ2v) is 18.2. The Morgan fingerprint density at radius 3 is 1.78 bits per heavy atom. The molecule has 0 radical (unpaired) electrons. The Balaban J connectivity index is 0.979. The first kappa shape index (κ1) is 41.6. The maximum Gasteiger partial charge on any atom is 0.157 e. The van der Waals surface area contributed by atoms with E-state index in [4.69, 9.17) is 24.6 Å². The van der Waals surface area contributed by atoms with Crippen molar-refractivity contribution in [2.24, 2.45) is 15.7 Å². The van der Waals surface area contributed by atoms with Crippen molar-refractivity contribution in [2.45, 2.75) is 6.54 Å². The van der Waals surface area contributed by atoms with E-state index in [1.54, 1.807) is 11.3 Å². The van der Waals surface area contributed by atoms with E-state index in [1.807, 2.05) is 72.8 Å². The molecule has 0 unspecified atom stereocenters. The van der Waals surface area contributed by atoms with Crippen molar-refractivity contribution < 1.29 is 8.83 Å². The molecule has 0 spiro atoms. The molecule has 0 fully saturated rings. The SMILES string of the molecule is C=Cc1sc2cc(-c3cccc4oc5cccc(-c6ccc7oc8cccc(C(N)=NC(=NCc9cccc(-c%10ccccc%10)c9)c9cccc(-c%10ccccc%10)c9)c8c7c6)c5c34)ccc2c1C=C. The molecule has 3 aromatic heterocycles. The van der Waals surface area contributed by atoms with Crippen LogP contribution in [0.1, 0.15) is 27.1 Å². The second-order valence-electron chi connectivity index (χ2n) is 17.1. The topological polar surface area (TPSA) is 77.0 Å². The monoisotopic (exact) mass is 905 g/mol. The minimum absolute atomic E-state index is 0.339. The standard InChI is InChI=1S/C63H43N3O2S/c1-3-47-50-32-30-45(37-58(50)69-57(47)4-2)49-25-14-29-56-61(49)60-48(24-13-28-55(60)68-56)44-31-33-53-52(36-44)59-51(26-15-27-54(59)67-53)62(64)66-63(46-23-12-22-43(35-46)41-19-9-6-10-20-41)65-38-39-16-11-21-42(34-39)40-17-7-5-8-18-40/h3-37H,1-2,38H2,(H2,64,65,66). The number of aliphatic imine (C=N–C) groups is 2. The van der Waals surface area contributed by atoms with E-state index in [0.717, 1.165) is 116 Å². The van der Waals surface area contributed by atoms with Gasteiger partial charge in [0, 0.05) is 47.6 Å². The molecule has 9 aromatic carbocycles. The van der Waals surface area contributed by atoms with Gasteiger partial charge >= 0.3 is 0 Å². The van der Waals surface area contributed by atoms with E-state index in [-0.39, 0.29) is 0 Å². The van der Waals surface area contributed by atoms with Crippen molar-refractivity contribution in [3.8, 4) is 44.5 Å². The minimum atomic E-state index is 0.339. The number of fused-ring (bicyclic) bond motifs is 7. The molecule has 12 rings (SSSR count). The number of rotatable bonds is 10. The highest BCUT2D eigenvalue weighted by Crippen LogP contribution is 2.44. The van der Waals surface area contributed by atoms with Gasteiger partial charge in [0.05, 0.1) is 6.54 Å². The Hall–Kier alpha value is -8.84. The van der Waals surface area contributed by atoms with Crippen molar-refractivity contribution in [1.82, 2.24) is 0 Å². The van der Waals surface area contributed by atoms with Gasteiger partial charge in [-0.25, -0.2) is 4.99 Å². The van der Waals surface area contributed by atoms with E-state index < -0.39 is 0 Å². The summed E-state index contributed by atoms with van der Waals surface area (Å²) >= 11 is 1.73. The van der Waals surface area contributed by atoms with E-state index >= 15 is 0 Å². The molecule has 69 heavy (non-hydrogen) atoms. The van der Waals surface area contributed by atoms with Crippen LogP contribution in [0, 0.1) is 0 Å². The summed E-state index contributed by atoms with van der Waals surface area (Å²) in [5, 5.41) is 5.11. The maximum atomic E-state index is 7.18. The van der Waals surface area contributed by atoms with E-state index in [0.29, 0.717) is 18.2 Å². The average molecular weight is 906 g/mol. The van der Waals surface area contributed by atoms with Crippen LogP contribution >= 0.6 is 11.3 Å². The zero-order valence-electron chi connectivity index (χ0n) is 37.5. The number of benzene rings is 9. The molecular weight excluding hydrogens is 863 g/mol. The first-order valence-electron chi connectivity index (χ1n) is 22.9. The van der Waals surface area contributed by atoms with Crippen molar-refractivity contribution >= 4 is 89.1 Å². The number of thiophene rings is 1. The Kier molecular flexibility index (Phi) is 10.5. The molecule has 6 heteroatoms. The zero-order valence-corrected chi connectivity index (χ0v) is 38.3. The van der Waals surface area contributed by atoms with Gasteiger partial charge in [0.2, 0.25) is 0 Å². The molecule has 2 N–H and O–H groups in total. The normalized spacial score (nSPS) is 12.2. The van der Waals surface area contributed by atoms with Crippen molar-refractivity contribution in [3.63, 3.8) is 0 Å². The summed E-state index contributed by atoms with van der Waals surface area (Å²) in [6, 6.07) is 69.2. The molecule has 0 atom stereocenters. The predicted molar refractivity (Wildman–Crippen MR) is 292 cm³/mol. The third kappa shape index (κ3) is 7.54. The fourth-order valence-corrected chi connectivity index (χ4v) is 10.8. The highest BCUT2D eigenvalue weighted by molar-refractivity contribution is 7.20. The molecule has 0 aliphatic heterocycles. The van der Waals surface area contributed by atoms with Crippen LogP contribution < -0.4 is 5.73 Å². The van der Waals surface area contributed by atoms with Crippen LogP contribution in [-0.4, -0.2) is 11.7 Å². The largest absolute Gasteiger partial charge is 0.456 e. The highest BCUT2D eigenvalue weighted by atomic mass is 32.1. The molecule has 0 saturated heterocycles. The smallest absolute Gasteiger partial charge is 0.157 e. The summed E-state index contributed by atoms with van der Waals surface area (Å²) in [7, 11) is 0. The van der Waals surface area contributed by atoms with Crippen LogP contribution in [0.5, 0.6) is 0 Å². The first-order chi connectivity index (χ1) is 34.0. The predicted octanol–water partition coefficient (Wildman–Crippen LogP) is 17.0. The van der Waals surface area contributed by atoms with Gasteiger partial charge in [-0.05, 0) is 104 Å². The Morgan fingerprint density at radius 1 is 0.493 bits per heavy atom. The molecule has 328 valence electrons. The zero-order chi connectivity index (χ0) is 46.4. The van der Waals surface area contributed by atoms with E-state index in [2.05, 4.69) is 153 Å². The fraction of sp³-hybridized carbons (Fsp3) is 0.0159. The van der Waals surface area contributed by atoms with Gasteiger partial charge in [0.25, 0.3) is 0 Å². The number of nitrogens with zero attached hydrogens (tertiary/aromatic N) is 2. The average Bonchev–Trinajstić information content (AvgIpc) is 4.11. The van der Waals surface area contributed by atoms with Gasteiger partial charge in [0.1, 0.15) is 28.2 Å². The molecule has 0 aliphatic rings. The number of nitrogens with two attached hydrogens (primary N) is 1. The van der Waals surface area contributed by atoms with Crippen molar-refractivity contribution in [2.75, 3.05) is 0 Å². The molecule has 0 amide bonds. The van der Waals surface area contributed by atoms with Crippen LogP contribution in [0.15, 0.2) is 232 Å². The second kappa shape index (κ2) is 17.4. The van der Waals surface area contributed by atoms with Crippen LogP contribution in [0.25, 0.3) is 111 Å². The first-order valence-corrected chi connectivity index (χ1v) is 23.7. The lowest BCUT2D eigenvalue weighted by molar-refractivity contribution is 0.669. The molecule has 0 aliphatic carbocycles. The van der Waals surface area contributed by atoms with Crippen LogP contribution in [0.4, 0.5) is 0 Å². The summed E-state index contributed by atoms with van der Waals surface area (Å²) in [6.07, 6.45) is 3.83. The summed E-state index contributed by atoms with van der Waals surface area (Å²) in [5.74, 6) is 0.877. The van der Waals surface area contributed by atoms with Gasteiger partial charge in [-0.3, -0.25) is 4.99 Å². The minimum Gasteiger partial charge on any atom is -0.456 e. The van der Waals surface area contributed by atoms with Gasteiger partial charge in [-0.2, -0.15) is 0 Å². The summed E-state index contributed by atoms with van der Waals surface area (Å²) < 4.78 is 14.3. The number of furan rings is 2. The number of hydrogen-bond donors (Lipinski definition) is 1. The lowest BCUT2D eigenvalue weighted by atomic mass is 9.93. The maximum absolute atomic E-state index is 7.18. The lowest BCUT2D eigenvalue weighted by Crippen LogP contribution is -2.17. The van der Waals surface area contributed by atoms with Gasteiger partial charge in [0.15, 0.2) is 5.84 Å². The van der Waals surface area contributed by atoms with Crippen molar-refractivity contribution in [3.05, 3.63) is 240 Å². The highest BCUT2D eigenvalue weighted by Gasteiger charge is 2.20. The van der Waals surface area contributed by atoms with Gasteiger partial charge in [-0.15, -0.1) is 11.3 Å². The van der Waals surface area contributed by atoms with Crippen molar-refractivity contribution in [1.29, 1.82) is 0 Å². The Labute approximate surface area is 403 Å². The summed E-state index contributed by atoms with van der Waals surface area (Å²) in [4.78, 5) is 11.5. The third-order valence-corrected chi connectivity index (χ3v) is 14.1. The summed E-state index contributed by atoms with van der Waals surface area (Å²) in [6.45, 7) is 8.55. The van der Waals surface area contributed by atoms with Crippen LogP contribution in [0.2, 0.25) is 0 Å². The lowest BCUT2D eigenvalue weighted by Gasteiger charge is -2.10. The van der Waals surface area contributed by atoms with E-state index in [1.165, 1.54) is 10.1 Å². The van der Waals surface area contributed by atoms with Gasteiger partial charge in [-0.1, -0.05) is 177 Å². The number of hydrogen-bond acceptors (Lipinski definition) is 4. The Bertz CT molecular complexity index is 4040. The Morgan fingerprint density at radius 2 is 1.09 bits per heavy atom. The quantitative estimate of drug-likeness (QED) is 0.110. The molecule has 12 aromatic rings. The fourth-order valence-electron chi connectivity index (χ4n) is 9.70. The molecule has 5 nitrogen and oxygen atoms in total. The molecular formula is C63H43N3O2S. The summed E-state index contributed by atoms with van der Waals surface area (Å²) in [5.41, 5.74) is 22.9. The van der Waals surface area contributed by atoms with Crippen LogP contribution in [-0.2, 0) is 6.54 Å². The molecule has 3 heterocycles. The molecule has 0 bridgehead atoms. The van der Waals surface area contributed by atoms with E-state index in [9.17, 15) is 0 Å². The molecule has 0 saturated carbocycles.